The fraction of sp³-hybridized carbons (Fsp3) is 0.857. The SMILES string of the molecule is CCN(CC(C)(C)O)C(=O)N1C2CCC1C(C(=O)O)C2. The number of aliphatic hydroxyl groups is 1. The third-order valence-corrected chi connectivity index (χ3v) is 4.30. The van der Waals surface area contributed by atoms with Crippen LogP contribution in [0.5, 0.6) is 0 Å². The van der Waals surface area contributed by atoms with Crippen molar-refractivity contribution in [3.8, 4) is 0 Å². The summed E-state index contributed by atoms with van der Waals surface area (Å²) in [4.78, 5) is 27.2. The van der Waals surface area contributed by atoms with Crippen LogP contribution < -0.4 is 0 Å². The number of urea groups is 1. The number of hydrogen-bond donors (Lipinski definition) is 2. The van der Waals surface area contributed by atoms with Crippen LogP contribution in [0.3, 0.4) is 0 Å². The molecule has 2 bridgehead atoms. The van der Waals surface area contributed by atoms with Crippen molar-refractivity contribution in [2.24, 2.45) is 5.92 Å². The molecule has 3 atom stereocenters. The summed E-state index contributed by atoms with van der Waals surface area (Å²) < 4.78 is 0. The van der Waals surface area contributed by atoms with Crippen LogP contribution in [0.1, 0.15) is 40.0 Å². The summed E-state index contributed by atoms with van der Waals surface area (Å²) in [6, 6.07) is -0.267. The van der Waals surface area contributed by atoms with E-state index in [1.165, 1.54) is 0 Å². The van der Waals surface area contributed by atoms with Crippen molar-refractivity contribution in [3.05, 3.63) is 0 Å². The monoisotopic (exact) mass is 284 g/mol. The highest BCUT2D eigenvalue weighted by molar-refractivity contribution is 5.79. The smallest absolute Gasteiger partial charge is 0.320 e. The average molecular weight is 284 g/mol. The van der Waals surface area contributed by atoms with Crippen LogP contribution in [0.15, 0.2) is 0 Å². The Morgan fingerprint density at radius 2 is 2.00 bits per heavy atom. The van der Waals surface area contributed by atoms with Gasteiger partial charge < -0.3 is 20.0 Å². The van der Waals surface area contributed by atoms with Crippen LogP contribution in [0.2, 0.25) is 0 Å². The van der Waals surface area contributed by atoms with Gasteiger partial charge in [0.05, 0.1) is 18.1 Å². The summed E-state index contributed by atoms with van der Waals surface area (Å²) in [6.07, 6.45) is 2.22. The second kappa shape index (κ2) is 5.24. The van der Waals surface area contributed by atoms with E-state index in [0.29, 0.717) is 13.0 Å². The van der Waals surface area contributed by atoms with Gasteiger partial charge in [-0.15, -0.1) is 0 Å². The van der Waals surface area contributed by atoms with Crippen LogP contribution >= 0.6 is 0 Å². The zero-order valence-electron chi connectivity index (χ0n) is 12.4. The summed E-state index contributed by atoms with van der Waals surface area (Å²) in [6.45, 7) is 5.98. The van der Waals surface area contributed by atoms with Gasteiger partial charge >= 0.3 is 12.0 Å². The first-order valence-electron chi connectivity index (χ1n) is 7.27. The average Bonchev–Trinajstić information content (AvgIpc) is 2.91. The van der Waals surface area contributed by atoms with Crippen molar-refractivity contribution in [1.82, 2.24) is 9.80 Å². The van der Waals surface area contributed by atoms with Crippen molar-refractivity contribution in [3.63, 3.8) is 0 Å². The minimum absolute atomic E-state index is 0.0458. The quantitative estimate of drug-likeness (QED) is 0.811. The predicted molar refractivity (Wildman–Crippen MR) is 73.3 cm³/mol. The molecule has 20 heavy (non-hydrogen) atoms. The van der Waals surface area contributed by atoms with Crippen LogP contribution in [0.25, 0.3) is 0 Å². The molecule has 2 aliphatic rings. The van der Waals surface area contributed by atoms with Gasteiger partial charge in [-0.25, -0.2) is 4.79 Å². The van der Waals surface area contributed by atoms with Crippen molar-refractivity contribution in [1.29, 1.82) is 0 Å². The first kappa shape index (κ1) is 15.1. The van der Waals surface area contributed by atoms with Crippen LogP contribution in [-0.2, 0) is 4.79 Å². The zero-order valence-corrected chi connectivity index (χ0v) is 12.4. The molecule has 0 aromatic rings. The molecule has 2 N–H and O–H groups in total. The Morgan fingerprint density at radius 1 is 1.35 bits per heavy atom. The van der Waals surface area contributed by atoms with E-state index in [2.05, 4.69) is 0 Å². The second-order valence-corrected chi connectivity index (χ2v) is 6.50. The molecule has 6 heteroatoms. The molecule has 2 rings (SSSR count). The van der Waals surface area contributed by atoms with Gasteiger partial charge in [0.25, 0.3) is 0 Å². The molecule has 0 aliphatic carbocycles. The van der Waals surface area contributed by atoms with Crippen molar-refractivity contribution in [2.75, 3.05) is 13.1 Å². The highest BCUT2D eigenvalue weighted by atomic mass is 16.4. The number of nitrogens with zero attached hydrogens (tertiary/aromatic N) is 2. The summed E-state index contributed by atoms with van der Waals surface area (Å²) in [5.41, 5.74) is -0.948. The molecule has 2 heterocycles. The predicted octanol–water partition coefficient (Wildman–Crippen LogP) is 1.14. The van der Waals surface area contributed by atoms with Gasteiger partial charge in [0.1, 0.15) is 0 Å². The number of fused-ring (bicyclic) bond motifs is 2. The maximum Gasteiger partial charge on any atom is 0.320 e. The minimum atomic E-state index is -0.948. The molecule has 0 radical (unpaired) electrons. The zero-order chi connectivity index (χ0) is 15.1. The Labute approximate surface area is 119 Å². The minimum Gasteiger partial charge on any atom is -0.481 e. The Bertz CT molecular complexity index is 404. The molecule has 6 nitrogen and oxygen atoms in total. The number of carboxylic acid groups (broad SMARTS) is 1. The van der Waals surface area contributed by atoms with Gasteiger partial charge in [-0.1, -0.05) is 0 Å². The lowest BCUT2D eigenvalue weighted by atomic mass is 9.89. The third-order valence-electron chi connectivity index (χ3n) is 4.30. The summed E-state index contributed by atoms with van der Waals surface area (Å²) >= 11 is 0. The Hall–Kier alpha value is -1.30. The van der Waals surface area contributed by atoms with E-state index in [1.54, 1.807) is 23.6 Å². The van der Waals surface area contributed by atoms with Gasteiger partial charge in [0, 0.05) is 18.6 Å². The largest absolute Gasteiger partial charge is 0.481 e. The number of hydrogen-bond acceptors (Lipinski definition) is 3. The molecule has 0 spiro atoms. The topological polar surface area (TPSA) is 81.1 Å². The number of carbonyl (C=O) groups is 2. The highest BCUT2D eigenvalue weighted by Crippen LogP contribution is 2.42. The first-order chi connectivity index (χ1) is 9.24. The molecule has 0 saturated carbocycles. The Balaban J connectivity index is 2.11. The summed E-state index contributed by atoms with van der Waals surface area (Å²) in [5.74, 6) is -1.24. The number of aliphatic carboxylic acids is 1. The Kier molecular flexibility index (Phi) is 3.95. The normalized spacial score (nSPS) is 28.8. The van der Waals surface area contributed by atoms with E-state index in [4.69, 9.17) is 0 Å². The molecule has 3 unspecified atom stereocenters. The van der Waals surface area contributed by atoms with Crippen LogP contribution in [0, 0.1) is 5.92 Å². The summed E-state index contributed by atoms with van der Waals surface area (Å²) in [7, 11) is 0. The first-order valence-corrected chi connectivity index (χ1v) is 7.27. The van der Waals surface area contributed by atoms with Gasteiger partial charge in [0.15, 0.2) is 0 Å². The molecule has 2 saturated heterocycles. The second-order valence-electron chi connectivity index (χ2n) is 6.50. The molecule has 0 aromatic heterocycles. The maximum absolute atomic E-state index is 12.6. The van der Waals surface area contributed by atoms with Crippen LogP contribution in [-0.4, -0.2) is 62.8 Å². The molecule has 114 valence electrons. The fourth-order valence-corrected chi connectivity index (χ4v) is 3.50. The highest BCUT2D eigenvalue weighted by Gasteiger charge is 2.52. The number of likely N-dealkylation sites (N-methyl/N-ethyl adjacent to an activating group) is 1. The third kappa shape index (κ3) is 2.75. The van der Waals surface area contributed by atoms with Crippen molar-refractivity contribution >= 4 is 12.0 Å². The fourth-order valence-electron chi connectivity index (χ4n) is 3.50. The molecule has 2 amide bonds. The molecular formula is C14H24N2O4. The van der Waals surface area contributed by atoms with Crippen molar-refractivity contribution in [2.45, 2.75) is 57.7 Å². The Morgan fingerprint density at radius 3 is 2.45 bits per heavy atom. The number of carboxylic acids is 1. The van der Waals surface area contributed by atoms with E-state index in [-0.39, 0.29) is 24.7 Å². The van der Waals surface area contributed by atoms with E-state index >= 15 is 0 Å². The van der Waals surface area contributed by atoms with E-state index < -0.39 is 17.5 Å². The molecule has 2 fully saturated rings. The van der Waals surface area contributed by atoms with Gasteiger partial charge in [-0.05, 0) is 40.0 Å². The lowest BCUT2D eigenvalue weighted by molar-refractivity contribution is -0.142. The van der Waals surface area contributed by atoms with Gasteiger partial charge in [-0.2, -0.15) is 0 Å². The number of amides is 2. The maximum atomic E-state index is 12.6. The molecule has 0 aromatic carbocycles. The van der Waals surface area contributed by atoms with Crippen LogP contribution in [0.4, 0.5) is 4.79 Å². The van der Waals surface area contributed by atoms with Crippen molar-refractivity contribution < 1.29 is 19.8 Å². The lowest BCUT2D eigenvalue weighted by Gasteiger charge is -2.34. The van der Waals surface area contributed by atoms with Gasteiger partial charge in [-0.3, -0.25) is 4.79 Å². The summed E-state index contributed by atoms with van der Waals surface area (Å²) in [5, 5.41) is 19.1. The number of rotatable bonds is 4. The molecule has 2 aliphatic heterocycles. The van der Waals surface area contributed by atoms with Gasteiger partial charge in [0.2, 0.25) is 0 Å². The van der Waals surface area contributed by atoms with E-state index in [0.717, 1.165) is 12.8 Å². The molecular weight excluding hydrogens is 260 g/mol. The lowest BCUT2D eigenvalue weighted by Crippen LogP contribution is -2.50. The number of carbonyl (C=O) groups excluding carboxylic acids is 1. The standard InChI is InChI=1S/C14H24N2O4/c1-4-15(8-14(2,3)20)13(19)16-9-5-6-11(16)10(7-9)12(17)18/h9-11,20H,4-8H2,1-3H3,(H,17,18). The van der Waals surface area contributed by atoms with E-state index in [1.807, 2.05) is 6.92 Å². The van der Waals surface area contributed by atoms with E-state index in [9.17, 15) is 19.8 Å².